The number of ether oxygens (including phenoxy) is 1. The van der Waals surface area contributed by atoms with Gasteiger partial charge in [-0.15, -0.1) is 0 Å². The lowest BCUT2D eigenvalue weighted by Gasteiger charge is -2.24. The molecule has 0 aromatic heterocycles. The maximum absolute atomic E-state index is 11.3. The number of hydrogen-bond donors (Lipinski definition) is 1. The van der Waals surface area contributed by atoms with Gasteiger partial charge in [-0.25, -0.2) is 0 Å². The summed E-state index contributed by atoms with van der Waals surface area (Å²) in [7, 11) is 1.57. The van der Waals surface area contributed by atoms with E-state index in [4.69, 9.17) is 4.74 Å². The molecule has 1 aromatic rings. The van der Waals surface area contributed by atoms with E-state index in [-0.39, 0.29) is 0 Å². The van der Waals surface area contributed by atoms with Gasteiger partial charge < -0.3 is 9.84 Å². The molecular weight excluding hydrogens is 204 g/mol. The normalized spacial score (nSPS) is 11.3. The van der Waals surface area contributed by atoms with Crippen LogP contribution >= 0.6 is 0 Å². The van der Waals surface area contributed by atoms with Crippen molar-refractivity contribution < 1.29 is 14.6 Å². The molecule has 0 saturated heterocycles. The van der Waals surface area contributed by atoms with E-state index in [9.17, 15) is 9.90 Å². The summed E-state index contributed by atoms with van der Waals surface area (Å²) in [5, 5.41) is 9.24. The van der Waals surface area contributed by atoms with Crippen molar-refractivity contribution in [2.24, 2.45) is 0 Å². The first-order valence-electron chi connectivity index (χ1n) is 5.19. The van der Waals surface area contributed by atoms with Crippen LogP contribution in [0.5, 0.6) is 5.75 Å². The van der Waals surface area contributed by atoms with E-state index in [0.29, 0.717) is 5.75 Å². The van der Waals surface area contributed by atoms with Gasteiger partial charge in [-0.1, -0.05) is 17.7 Å². The average Bonchev–Trinajstić information content (AvgIpc) is 2.16. The third kappa shape index (κ3) is 2.03. The maximum atomic E-state index is 11.3. The van der Waals surface area contributed by atoms with Crippen molar-refractivity contribution in [3.05, 3.63) is 28.8 Å². The Kier molecular flexibility index (Phi) is 3.27. The van der Waals surface area contributed by atoms with E-state index >= 15 is 0 Å². The molecule has 0 aliphatic rings. The van der Waals surface area contributed by atoms with E-state index in [2.05, 4.69) is 0 Å². The SMILES string of the molecule is COc1c(C)cc(C)cc1C(C)(C)C(=O)O. The van der Waals surface area contributed by atoms with E-state index in [0.717, 1.165) is 16.7 Å². The molecule has 0 bridgehead atoms. The lowest BCUT2D eigenvalue weighted by molar-refractivity contribution is -0.142. The molecule has 0 radical (unpaired) electrons. The van der Waals surface area contributed by atoms with E-state index in [1.54, 1.807) is 21.0 Å². The molecule has 0 saturated carbocycles. The summed E-state index contributed by atoms with van der Waals surface area (Å²) in [6, 6.07) is 3.86. The molecule has 3 heteroatoms. The van der Waals surface area contributed by atoms with Crippen LogP contribution in [0.3, 0.4) is 0 Å². The molecule has 1 N–H and O–H groups in total. The number of carboxylic acid groups (broad SMARTS) is 1. The van der Waals surface area contributed by atoms with Gasteiger partial charge in [0.1, 0.15) is 5.75 Å². The number of methoxy groups -OCH3 is 1. The Labute approximate surface area is 96.1 Å². The van der Waals surface area contributed by atoms with Crippen LogP contribution in [-0.2, 0) is 10.2 Å². The Bertz CT molecular complexity index is 419. The van der Waals surface area contributed by atoms with Crippen molar-refractivity contribution >= 4 is 5.97 Å². The summed E-state index contributed by atoms with van der Waals surface area (Å²) < 4.78 is 5.30. The zero-order chi connectivity index (χ0) is 12.5. The van der Waals surface area contributed by atoms with Gasteiger partial charge in [-0.3, -0.25) is 4.79 Å². The Hall–Kier alpha value is -1.51. The van der Waals surface area contributed by atoms with Crippen molar-refractivity contribution in [3.8, 4) is 5.75 Å². The quantitative estimate of drug-likeness (QED) is 0.855. The molecule has 0 fully saturated rings. The third-order valence-electron chi connectivity index (χ3n) is 2.83. The standard InChI is InChI=1S/C13H18O3/c1-8-6-9(2)11(16-5)10(7-8)13(3,4)12(14)15/h6-7H,1-5H3,(H,14,15). The Balaban J connectivity index is 3.48. The first kappa shape index (κ1) is 12.6. The van der Waals surface area contributed by atoms with Crippen LogP contribution in [0.2, 0.25) is 0 Å². The number of hydrogen-bond acceptors (Lipinski definition) is 2. The molecule has 0 atom stereocenters. The fourth-order valence-electron chi connectivity index (χ4n) is 1.80. The highest BCUT2D eigenvalue weighted by Crippen LogP contribution is 2.35. The van der Waals surface area contributed by atoms with Gasteiger partial charge in [0.05, 0.1) is 12.5 Å². The van der Waals surface area contributed by atoms with Crippen LogP contribution in [0, 0.1) is 13.8 Å². The molecule has 0 amide bonds. The Morgan fingerprint density at radius 1 is 1.31 bits per heavy atom. The van der Waals surface area contributed by atoms with Crippen LogP contribution in [0.15, 0.2) is 12.1 Å². The number of carbonyl (C=O) groups is 1. The van der Waals surface area contributed by atoms with Gasteiger partial charge in [0.25, 0.3) is 0 Å². The van der Waals surface area contributed by atoms with Gasteiger partial charge in [0, 0.05) is 5.56 Å². The third-order valence-corrected chi connectivity index (χ3v) is 2.83. The molecule has 1 aromatic carbocycles. The smallest absolute Gasteiger partial charge is 0.313 e. The van der Waals surface area contributed by atoms with Gasteiger partial charge in [0.15, 0.2) is 0 Å². The second-order valence-electron chi connectivity index (χ2n) is 4.59. The van der Waals surface area contributed by atoms with Crippen LogP contribution in [0.4, 0.5) is 0 Å². The topological polar surface area (TPSA) is 46.5 Å². The molecule has 0 heterocycles. The number of aryl methyl sites for hydroxylation is 2. The minimum atomic E-state index is -0.942. The summed E-state index contributed by atoms with van der Waals surface area (Å²) in [5.41, 5.74) is 1.79. The molecule has 0 unspecified atom stereocenters. The number of rotatable bonds is 3. The van der Waals surface area contributed by atoms with Gasteiger partial charge in [-0.05, 0) is 33.3 Å². The van der Waals surface area contributed by atoms with Crippen molar-refractivity contribution in [1.82, 2.24) is 0 Å². The van der Waals surface area contributed by atoms with E-state index in [1.165, 1.54) is 0 Å². The van der Waals surface area contributed by atoms with Crippen LogP contribution in [-0.4, -0.2) is 18.2 Å². The predicted molar refractivity (Wildman–Crippen MR) is 63.1 cm³/mol. The lowest BCUT2D eigenvalue weighted by atomic mass is 9.82. The van der Waals surface area contributed by atoms with Crippen LogP contribution in [0.25, 0.3) is 0 Å². The summed E-state index contributed by atoms with van der Waals surface area (Å²) in [6.45, 7) is 7.25. The fraction of sp³-hybridized carbons (Fsp3) is 0.462. The summed E-state index contributed by atoms with van der Waals surface area (Å²) in [4.78, 5) is 11.3. The van der Waals surface area contributed by atoms with Crippen molar-refractivity contribution in [1.29, 1.82) is 0 Å². The maximum Gasteiger partial charge on any atom is 0.313 e. The zero-order valence-electron chi connectivity index (χ0n) is 10.4. The average molecular weight is 222 g/mol. The zero-order valence-corrected chi connectivity index (χ0v) is 10.4. The number of carboxylic acids is 1. The predicted octanol–water partition coefficient (Wildman–Crippen LogP) is 2.67. The molecular formula is C13H18O3. The number of aliphatic carboxylic acids is 1. The second kappa shape index (κ2) is 4.16. The summed E-state index contributed by atoms with van der Waals surface area (Å²) in [6.07, 6.45) is 0. The minimum absolute atomic E-state index is 0.665. The highest BCUT2D eigenvalue weighted by atomic mass is 16.5. The fourth-order valence-corrected chi connectivity index (χ4v) is 1.80. The molecule has 16 heavy (non-hydrogen) atoms. The van der Waals surface area contributed by atoms with Crippen molar-refractivity contribution in [2.45, 2.75) is 33.1 Å². The Morgan fingerprint density at radius 3 is 2.31 bits per heavy atom. The minimum Gasteiger partial charge on any atom is -0.496 e. The molecule has 0 aliphatic heterocycles. The second-order valence-corrected chi connectivity index (χ2v) is 4.59. The first-order valence-corrected chi connectivity index (χ1v) is 5.19. The lowest BCUT2D eigenvalue weighted by Crippen LogP contribution is -2.29. The van der Waals surface area contributed by atoms with Crippen LogP contribution < -0.4 is 4.74 Å². The summed E-state index contributed by atoms with van der Waals surface area (Å²) in [5.74, 6) is -0.186. The van der Waals surface area contributed by atoms with E-state index in [1.807, 2.05) is 26.0 Å². The monoisotopic (exact) mass is 222 g/mol. The highest BCUT2D eigenvalue weighted by molar-refractivity contribution is 5.81. The molecule has 0 aliphatic carbocycles. The van der Waals surface area contributed by atoms with Crippen molar-refractivity contribution in [2.75, 3.05) is 7.11 Å². The van der Waals surface area contributed by atoms with Crippen molar-refractivity contribution in [3.63, 3.8) is 0 Å². The molecule has 88 valence electrons. The highest BCUT2D eigenvalue weighted by Gasteiger charge is 2.33. The first-order chi connectivity index (χ1) is 7.30. The Morgan fingerprint density at radius 2 is 1.88 bits per heavy atom. The van der Waals surface area contributed by atoms with Gasteiger partial charge in [-0.2, -0.15) is 0 Å². The van der Waals surface area contributed by atoms with Gasteiger partial charge >= 0.3 is 5.97 Å². The largest absolute Gasteiger partial charge is 0.496 e. The summed E-state index contributed by atoms with van der Waals surface area (Å²) >= 11 is 0. The molecule has 0 spiro atoms. The van der Waals surface area contributed by atoms with Gasteiger partial charge in [0.2, 0.25) is 0 Å². The van der Waals surface area contributed by atoms with Crippen LogP contribution in [0.1, 0.15) is 30.5 Å². The number of benzene rings is 1. The van der Waals surface area contributed by atoms with E-state index < -0.39 is 11.4 Å². The molecule has 3 nitrogen and oxygen atoms in total. The molecule has 1 rings (SSSR count).